The van der Waals surface area contributed by atoms with Crippen molar-refractivity contribution in [3.63, 3.8) is 0 Å². The minimum Gasteiger partial charge on any atom is -0.394 e. The summed E-state index contributed by atoms with van der Waals surface area (Å²) in [7, 11) is 0. The van der Waals surface area contributed by atoms with Crippen LogP contribution in [0, 0.1) is 12.8 Å². The number of aryl methyl sites for hydroxylation is 1. The minimum absolute atomic E-state index is 0.0340. The first-order valence-electron chi connectivity index (χ1n) is 6.62. The van der Waals surface area contributed by atoms with Gasteiger partial charge in [0.2, 0.25) is 0 Å². The molecule has 1 aliphatic carbocycles. The number of carbonyl (C=O) groups is 1. The number of aromatic nitrogens is 1. The lowest BCUT2D eigenvalue weighted by molar-refractivity contribution is 0.155. The maximum absolute atomic E-state index is 11.9. The quantitative estimate of drug-likeness (QED) is 0.750. The summed E-state index contributed by atoms with van der Waals surface area (Å²) in [5.41, 5.74) is 1.40. The Balaban J connectivity index is 1.86. The molecule has 1 saturated carbocycles. The summed E-state index contributed by atoms with van der Waals surface area (Å²) in [6.45, 7) is 4.21. The lowest BCUT2D eigenvalue weighted by Crippen LogP contribution is -2.54. The predicted octanol–water partition coefficient (Wildman–Crippen LogP) is 1.35. The molecular weight excluding hydrogens is 242 g/mol. The third-order valence-corrected chi connectivity index (χ3v) is 3.74. The van der Waals surface area contributed by atoms with E-state index in [1.807, 2.05) is 26.0 Å². The molecule has 19 heavy (non-hydrogen) atoms. The third kappa shape index (κ3) is 3.44. The second-order valence-corrected chi connectivity index (χ2v) is 5.42. The molecule has 0 aliphatic heterocycles. The molecule has 0 aromatic carbocycles. The summed E-state index contributed by atoms with van der Waals surface area (Å²) in [6.07, 6.45) is 3.84. The van der Waals surface area contributed by atoms with Crippen LogP contribution in [0.25, 0.3) is 0 Å². The Kier molecular flexibility index (Phi) is 4.04. The van der Waals surface area contributed by atoms with Gasteiger partial charge in [0.1, 0.15) is 0 Å². The largest absolute Gasteiger partial charge is 0.394 e. The molecule has 0 saturated heterocycles. The Hall–Kier alpha value is -1.62. The number of hydrogen-bond donors (Lipinski definition) is 3. The van der Waals surface area contributed by atoms with Gasteiger partial charge in [-0.3, -0.25) is 4.98 Å². The Morgan fingerprint density at radius 1 is 1.58 bits per heavy atom. The molecule has 1 aliphatic rings. The Morgan fingerprint density at radius 3 is 2.89 bits per heavy atom. The number of urea groups is 1. The van der Waals surface area contributed by atoms with Crippen molar-refractivity contribution in [2.75, 3.05) is 6.61 Å². The average Bonchev–Trinajstić information content (AvgIpc) is 3.22. The maximum atomic E-state index is 11.9. The van der Waals surface area contributed by atoms with E-state index in [-0.39, 0.29) is 12.6 Å². The molecule has 104 valence electrons. The molecule has 1 heterocycles. The van der Waals surface area contributed by atoms with E-state index in [0.29, 0.717) is 12.5 Å². The third-order valence-electron chi connectivity index (χ3n) is 3.74. The summed E-state index contributed by atoms with van der Waals surface area (Å²) in [4.78, 5) is 16.1. The number of hydrogen-bond acceptors (Lipinski definition) is 3. The summed E-state index contributed by atoms with van der Waals surface area (Å²) in [6, 6.07) is 3.58. The SMILES string of the molecule is Cc1cccnc1CNC(=O)NC(C)(CO)C1CC1. The lowest BCUT2D eigenvalue weighted by Gasteiger charge is -2.28. The molecule has 1 aromatic rings. The zero-order chi connectivity index (χ0) is 13.9. The summed E-state index contributed by atoms with van der Waals surface area (Å²) in [5.74, 6) is 0.389. The van der Waals surface area contributed by atoms with E-state index in [4.69, 9.17) is 0 Å². The fourth-order valence-electron chi connectivity index (χ4n) is 2.16. The molecule has 0 radical (unpaired) electrons. The van der Waals surface area contributed by atoms with Crippen molar-refractivity contribution in [1.82, 2.24) is 15.6 Å². The number of rotatable bonds is 5. The van der Waals surface area contributed by atoms with Gasteiger partial charge >= 0.3 is 6.03 Å². The van der Waals surface area contributed by atoms with Crippen molar-refractivity contribution < 1.29 is 9.90 Å². The van der Waals surface area contributed by atoms with Crippen LogP contribution in [0.5, 0.6) is 0 Å². The number of carbonyl (C=O) groups excluding carboxylic acids is 1. The van der Waals surface area contributed by atoms with Crippen LogP contribution in [0.3, 0.4) is 0 Å². The smallest absolute Gasteiger partial charge is 0.315 e. The average molecular weight is 263 g/mol. The second-order valence-electron chi connectivity index (χ2n) is 5.42. The van der Waals surface area contributed by atoms with Crippen molar-refractivity contribution in [2.24, 2.45) is 5.92 Å². The molecule has 5 nitrogen and oxygen atoms in total. The summed E-state index contributed by atoms with van der Waals surface area (Å²) < 4.78 is 0. The highest BCUT2D eigenvalue weighted by Crippen LogP contribution is 2.39. The Labute approximate surface area is 113 Å². The van der Waals surface area contributed by atoms with E-state index >= 15 is 0 Å². The fraction of sp³-hybridized carbons (Fsp3) is 0.571. The van der Waals surface area contributed by atoms with Crippen LogP contribution in [0.4, 0.5) is 4.79 Å². The molecule has 0 bridgehead atoms. The van der Waals surface area contributed by atoms with Gasteiger partial charge < -0.3 is 15.7 Å². The molecule has 2 amide bonds. The predicted molar refractivity (Wildman–Crippen MR) is 72.6 cm³/mol. The van der Waals surface area contributed by atoms with Gasteiger partial charge in [-0.15, -0.1) is 0 Å². The molecule has 3 N–H and O–H groups in total. The molecule has 0 spiro atoms. The van der Waals surface area contributed by atoms with Gasteiger partial charge in [0.25, 0.3) is 0 Å². The Morgan fingerprint density at radius 2 is 2.32 bits per heavy atom. The van der Waals surface area contributed by atoms with Crippen LogP contribution < -0.4 is 10.6 Å². The second kappa shape index (κ2) is 5.57. The minimum atomic E-state index is -0.511. The number of aliphatic hydroxyl groups is 1. The molecule has 1 aromatic heterocycles. The van der Waals surface area contributed by atoms with Gasteiger partial charge in [-0.2, -0.15) is 0 Å². The highest BCUT2D eigenvalue weighted by Gasteiger charge is 2.42. The first kappa shape index (κ1) is 13.8. The van der Waals surface area contributed by atoms with Gasteiger partial charge in [0.15, 0.2) is 0 Å². The molecule has 1 fully saturated rings. The van der Waals surface area contributed by atoms with E-state index in [9.17, 15) is 9.90 Å². The lowest BCUT2D eigenvalue weighted by atomic mass is 9.97. The van der Waals surface area contributed by atoms with E-state index < -0.39 is 5.54 Å². The number of nitrogens with one attached hydrogen (secondary N) is 2. The fourth-order valence-corrected chi connectivity index (χ4v) is 2.16. The van der Waals surface area contributed by atoms with E-state index in [2.05, 4.69) is 15.6 Å². The number of pyridine rings is 1. The van der Waals surface area contributed by atoms with Crippen LogP contribution >= 0.6 is 0 Å². The molecule has 1 atom stereocenters. The standard InChI is InChI=1S/C14H21N3O2/c1-10-4-3-7-15-12(10)8-16-13(19)17-14(2,9-18)11-5-6-11/h3-4,7,11,18H,5-6,8-9H2,1-2H3,(H2,16,17,19). The highest BCUT2D eigenvalue weighted by atomic mass is 16.3. The molecule has 2 rings (SSSR count). The first-order chi connectivity index (χ1) is 9.05. The van der Waals surface area contributed by atoms with Crippen LogP contribution in [0.1, 0.15) is 31.0 Å². The number of nitrogens with zero attached hydrogens (tertiary/aromatic N) is 1. The normalized spacial score (nSPS) is 17.6. The van der Waals surface area contributed by atoms with Gasteiger partial charge in [0.05, 0.1) is 24.4 Å². The van der Waals surface area contributed by atoms with Gasteiger partial charge in [-0.1, -0.05) is 6.07 Å². The Bertz CT molecular complexity index is 460. The van der Waals surface area contributed by atoms with Gasteiger partial charge in [-0.25, -0.2) is 4.79 Å². The van der Waals surface area contributed by atoms with E-state index in [0.717, 1.165) is 24.1 Å². The molecular formula is C14H21N3O2. The van der Waals surface area contributed by atoms with E-state index in [1.165, 1.54) is 0 Å². The van der Waals surface area contributed by atoms with Crippen LogP contribution in [0.15, 0.2) is 18.3 Å². The highest BCUT2D eigenvalue weighted by molar-refractivity contribution is 5.74. The van der Waals surface area contributed by atoms with Crippen molar-refractivity contribution in [1.29, 1.82) is 0 Å². The summed E-state index contributed by atoms with van der Waals surface area (Å²) in [5, 5.41) is 15.1. The molecule has 5 heteroatoms. The monoisotopic (exact) mass is 263 g/mol. The molecule has 1 unspecified atom stereocenters. The van der Waals surface area contributed by atoms with E-state index in [1.54, 1.807) is 6.20 Å². The van der Waals surface area contributed by atoms with Crippen LogP contribution in [0.2, 0.25) is 0 Å². The van der Waals surface area contributed by atoms with Crippen molar-refractivity contribution >= 4 is 6.03 Å². The topological polar surface area (TPSA) is 74.2 Å². The maximum Gasteiger partial charge on any atom is 0.315 e. The first-order valence-corrected chi connectivity index (χ1v) is 6.62. The van der Waals surface area contributed by atoms with Gasteiger partial charge in [-0.05, 0) is 44.2 Å². The summed E-state index contributed by atoms with van der Waals surface area (Å²) >= 11 is 0. The zero-order valence-corrected chi connectivity index (χ0v) is 11.4. The van der Waals surface area contributed by atoms with Crippen molar-refractivity contribution in [3.8, 4) is 0 Å². The van der Waals surface area contributed by atoms with Crippen LogP contribution in [-0.4, -0.2) is 28.3 Å². The number of aliphatic hydroxyl groups excluding tert-OH is 1. The zero-order valence-electron chi connectivity index (χ0n) is 11.4. The van der Waals surface area contributed by atoms with Crippen molar-refractivity contribution in [3.05, 3.63) is 29.6 Å². The number of amides is 2. The van der Waals surface area contributed by atoms with Gasteiger partial charge in [0, 0.05) is 6.20 Å². The van der Waals surface area contributed by atoms with Crippen LogP contribution in [-0.2, 0) is 6.54 Å². The van der Waals surface area contributed by atoms with Crippen molar-refractivity contribution in [2.45, 2.75) is 38.8 Å².